The molecule has 0 bridgehead atoms. The Morgan fingerprint density at radius 1 is 1.14 bits per heavy atom. The molecule has 0 saturated heterocycles. The number of carbonyl (C=O) groups excluding carboxylic acids is 1. The van der Waals surface area contributed by atoms with Crippen molar-refractivity contribution in [3.8, 4) is 11.8 Å². The maximum Gasteiger partial charge on any atom is 0.255 e. The van der Waals surface area contributed by atoms with Gasteiger partial charge in [-0.25, -0.2) is 4.68 Å². The van der Waals surface area contributed by atoms with Gasteiger partial charge in [-0.05, 0) is 47.9 Å². The molecule has 29 heavy (non-hydrogen) atoms. The molecule has 0 fully saturated rings. The molecule has 7 nitrogen and oxygen atoms in total. The minimum Gasteiger partial charge on any atom is -0.322 e. The van der Waals surface area contributed by atoms with Crippen molar-refractivity contribution in [2.24, 2.45) is 0 Å². The van der Waals surface area contributed by atoms with Gasteiger partial charge in [0.25, 0.3) is 5.91 Å². The molecular formula is C22H18N6O. The van der Waals surface area contributed by atoms with Gasteiger partial charge < -0.3 is 5.32 Å². The van der Waals surface area contributed by atoms with Crippen LogP contribution in [0.1, 0.15) is 41.3 Å². The summed E-state index contributed by atoms with van der Waals surface area (Å²) in [6.07, 6.45) is 4.98. The van der Waals surface area contributed by atoms with Gasteiger partial charge in [0, 0.05) is 16.6 Å². The standard InChI is InChI=1S/C22H18N6O/c1-14(2)21-15(11-23)4-3-5-19(21)22(29)27-17-7-6-16-12-26-28(20(16)10-17)18-8-9-24-25-13-18/h3-10,12-14H,1-2H3,(H,27,29). The van der Waals surface area contributed by atoms with Crippen LogP contribution < -0.4 is 5.32 Å². The predicted octanol–water partition coefficient (Wildman–Crippen LogP) is 4.06. The molecule has 0 saturated carbocycles. The zero-order valence-electron chi connectivity index (χ0n) is 16.0. The third-order valence-electron chi connectivity index (χ3n) is 4.69. The van der Waals surface area contributed by atoms with E-state index in [0.717, 1.165) is 22.2 Å². The first-order chi connectivity index (χ1) is 14.1. The summed E-state index contributed by atoms with van der Waals surface area (Å²) in [7, 11) is 0. The van der Waals surface area contributed by atoms with Crippen molar-refractivity contribution in [2.45, 2.75) is 19.8 Å². The minimum absolute atomic E-state index is 0.0507. The summed E-state index contributed by atoms with van der Waals surface area (Å²) in [6, 6.07) is 14.8. The molecule has 0 radical (unpaired) electrons. The zero-order valence-corrected chi connectivity index (χ0v) is 16.0. The Hall–Kier alpha value is -4.05. The highest BCUT2D eigenvalue weighted by Crippen LogP contribution is 2.26. The van der Waals surface area contributed by atoms with Gasteiger partial charge >= 0.3 is 0 Å². The number of nitriles is 1. The molecule has 0 aliphatic carbocycles. The zero-order chi connectivity index (χ0) is 20.4. The van der Waals surface area contributed by atoms with Gasteiger partial charge in [0.15, 0.2) is 0 Å². The fraction of sp³-hybridized carbons (Fsp3) is 0.136. The van der Waals surface area contributed by atoms with Gasteiger partial charge in [-0.3, -0.25) is 4.79 Å². The Morgan fingerprint density at radius 3 is 2.72 bits per heavy atom. The lowest BCUT2D eigenvalue weighted by Gasteiger charge is -2.14. The molecule has 0 atom stereocenters. The number of hydrogen-bond acceptors (Lipinski definition) is 5. The van der Waals surface area contributed by atoms with E-state index < -0.39 is 0 Å². The molecule has 2 aromatic carbocycles. The molecule has 4 aromatic rings. The van der Waals surface area contributed by atoms with Gasteiger partial charge in [-0.2, -0.15) is 20.6 Å². The van der Waals surface area contributed by atoms with E-state index in [1.165, 1.54) is 0 Å². The number of nitrogens with one attached hydrogen (secondary N) is 1. The fourth-order valence-electron chi connectivity index (χ4n) is 3.39. The normalized spacial score (nSPS) is 10.8. The first-order valence-electron chi connectivity index (χ1n) is 9.17. The summed E-state index contributed by atoms with van der Waals surface area (Å²) in [4.78, 5) is 13.0. The summed E-state index contributed by atoms with van der Waals surface area (Å²) < 4.78 is 1.75. The van der Waals surface area contributed by atoms with Gasteiger partial charge in [0.2, 0.25) is 0 Å². The Balaban J connectivity index is 1.71. The van der Waals surface area contributed by atoms with E-state index in [9.17, 15) is 10.1 Å². The molecule has 142 valence electrons. The van der Waals surface area contributed by atoms with E-state index in [1.54, 1.807) is 41.5 Å². The van der Waals surface area contributed by atoms with Crippen molar-refractivity contribution in [2.75, 3.05) is 5.32 Å². The lowest BCUT2D eigenvalue weighted by atomic mass is 9.92. The molecule has 7 heteroatoms. The highest BCUT2D eigenvalue weighted by atomic mass is 16.1. The second kappa shape index (κ2) is 7.52. The van der Waals surface area contributed by atoms with Gasteiger partial charge in [0.05, 0.1) is 41.4 Å². The number of benzene rings is 2. The quantitative estimate of drug-likeness (QED) is 0.574. The van der Waals surface area contributed by atoms with Crippen LogP contribution in [0.25, 0.3) is 16.6 Å². The summed E-state index contributed by atoms with van der Waals surface area (Å²) in [6.45, 7) is 3.95. The number of aromatic nitrogens is 4. The molecule has 0 aliphatic heterocycles. The van der Waals surface area contributed by atoms with Crippen LogP contribution in [-0.4, -0.2) is 25.9 Å². The molecule has 2 aromatic heterocycles. The van der Waals surface area contributed by atoms with Crippen molar-refractivity contribution in [1.82, 2.24) is 20.0 Å². The third kappa shape index (κ3) is 3.44. The van der Waals surface area contributed by atoms with Crippen LogP contribution in [0.5, 0.6) is 0 Å². The lowest BCUT2D eigenvalue weighted by Crippen LogP contribution is -2.16. The number of fused-ring (bicyclic) bond motifs is 1. The minimum atomic E-state index is -0.248. The van der Waals surface area contributed by atoms with E-state index in [0.29, 0.717) is 16.8 Å². The molecule has 0 spiro atoms. The monoisotopic (exact) mass is 382 g/mol. The Kier molecular flexibility index (Phi) is 4.75. The van der Waals surface area contributed by atoms with E-state index >= 15 is 0 Å². The van der Waals surface area contributed by atoms with Crippen molar-refractivity contribution in [3.05, 3.63) is 77.7 Å². The smallest absolute Gasteiger partial charge is 0.255 e. The topological polar surface area (TPSA) is 96.5 Å². The van der Waals surface area contributed by atoms with Crippen LogP contribution in [0.15, 0.2) is 61.1 Å². The number of amides is 1. The Bertz CT molecular complexity index is 1240. The van der Waals surface area contributed by atoms with Crippen LogP contribution in [0, 0.1) is 11.3 Å². The number of carbonyl (C=O) groups is 1. The largest absolute Gasteiger partial charge is 0.322 e. The number of hydrogen-bond donors (Lipinski definition) is 1. The van der Waals surface area contributed by atoms with Crippen molar-refractivity contribution >= 4 is 22.5 Å². The summed E-state index contributed by atoms with van der Waals surface area (Å²) in [5.74, 6) is -0.198. The molecule has 0 aliphatic rings. The van der Waals surface area contributed by atoms with Crippen molar-refractivity contribution in [3.63, 3.8) is 0 Å². The highest BCUT2D eigenvalue weighted by molar-refractivity contribution is 6.06. The van der Waals surface area contributed by atoms with Crippen LogP contribution >= 0.6 is 0 Å². The van der Waals surface area contributed by atoms with Crippen LogP contribution in [0.3, 0.4) is 0 Å². The molecule has 1 N–H and O–H groups in total. The average Bonchev–Trinajstić information content (AvgIpc) is 3.17. The summed E-state index contributed by atoms with van der Waals surface area (Å²) in [5.41, 5.74) is 4.04. The Labute approximate surface area is 167 Å². The second-order valence-corrected chi connectivity index (χ2v) is 6.92. The SMILES string of the molecule is CC(C)c1c(C#N)cccc1C(=O)Nc1ccc2cnn(-c3ccnnc3)c2c1. The van der Waals surface area contributed by atoms with Gasteiger partial charge in [-0.15, -0.1) is 0 Å². The summed E-state index contributed by atoms with van der Waals surface area (Å²) in [5, 5.41) is 25.4. The molecular weight excluding hydrogens is 364 g/mol. The lowest BCUT2D eigenvalue weighted by molar-refractivity contribution is 0.102. The van der Waals surface area contributed by atoms with Crippen LogP contribution in [0.2, 0.25) is 0 Å². The third-order valence-corrected chi connectivity index (χ3v) is 4.69. The maximum absolute atomic E-state index is 13.0. The van der Waals surface area contributed by atoms with Crippen molar-refractivity contribution in [1.29, 1.82) is 5.26 Å². The Morgan fingerprint density at radius 2 is 2.00 bits per heavy atom. The number of anilines is 1. The van der Waals surface area contributed by atoms with Gasteiger partial charge in [-0.1, -0.05) is 19.9 Å². The van der Waals surface area contributed by atoms with E-state index in [4.69, 9.17) is 0 Å². The van der Waals surface area contributed by atoms with E-state index in [-0.39, 0.29) is 11.8 Å². The second-order valence-electron chi connectivity index (χ2n) is 6.92. The number of nitrogens with zero attached hydrogens (tertiary/aromatic N) is 5. The maximum atomic E-state index is 13.0. The fourth-order valence-corrected chi connectivity index (χ4v) is 3.39. The van der Waals surface area contributed by atoms with Crippen LogP contribution in [0.4, 0.5) is 5.69 Å². The predicted molar refractivity (Wildman–Crippen MR) is 110 cm³/mol. The average molecular weight is 382 g/mol. The molecule has 1 amide bonds. The summed E-state index contributed by atoms with van der Waals surface area (Å²) >= 11 is 0. The first-order valence-corrected chi connectivity index (χ1v) is 9.17. The van der Waals surface area contributed by atoms with E-state index in [1.807, 2.05) is 38.1 Å². The molecule has 4 rings (SSSR count). The highest BCUT2D eigenvalue weighted by Gasteiger charge is 2.18. The number of rotatable bonds is 4. The van der Waals surface area contributed by atoms with Crippen LogP contribution in [-0.2, 0) is 0 Å². The first kappa shape index (κ1) is 18.3. The molecule has 0 unspecified atom stereocenters. The molecule has 2 heterocycles. The van der Waals surface area contributed by atoms with Crippen molar-refractivity contribution < 1.29 is 4.79 Å². The van der Waals surface area contributed by atoms with Gasteiger partial charge in [0.1, 0.15) is 0 Å². The van der Waals surface area contributed by atoms with E-state index in [2.05, 4.69) is 26.7 Å².